The molecule has 3 nitrogen and oxygen atoms in total. The van der Waals surface area contributed by atoms with Crippen molar-refractivity contribution in [1.82, 2.24) is 5.32 Å². The molecule has 15 heavy (non-hydrogen) atoms. The van der Waals surface area contributed by atoms with Crippen molar-refractivity contribution in [3.63, 3.8) is 0 Å². The maximum absolute atomic E-state index is 11.2. The molecule has 0 aliphatic heterocycles. The fourth-order valence-corrected chi connectivity index (χ4v) is 2.45. The third-order valence-electron chi connectivity index (χ3n) is 3.42. The third-order valence-corrected chi connectivity index (χ3v) is 3.42. The largest absolute Gasteiger partial charge is 0.446 e. The van der Waals surface area contributed by atoms with Crippen LogP contribution in [0.4, 0.5) is 4.79 Å². The second-order valence-corrected chi connectivity index (χ2v) is 5.02. The summed E-state index contributed by atoms with van der Waals surface area (Å²) in [7, 11) is 1.61. The topological polar surface area (TPSA) is 38.3 Å². The van der Waals surface area contributed by atoms with Crippen LogP contribution in [-0.2, 0) is 4.74 Å². The molecule has 1 N–H and O–H groups in total. The van der Waals surface area contributed by atoms with Crippen molar-refractivity contribution in [2.45, 2.75) is 46.1 Å². The van der Waals surface area contributed by atoms with Gasteiger partial charge in [0.15, 0.2) is 0 Å². The summed E-state index contributed by atoms with van der Waals surface area (Å²) >= 11 is 0. The normalized spacial score (nSPS) is 31.4. The van der Waals surface area contributed by atoms with E-state index < -0.39 is 0 Å². The Morgan fingerprint density at radius 1 is 1.40 bits per heavy atom. The Balaban J connectivity index is 2.57. The van der Waals surface area contributed by atoms with Gasteiger partial charge in [-0.1, -0.05) is 27.2 Å². The molecule has 1 fully saturated rings. The smallest absolute Gasteiger partial charge is 0.407 e. The van der Waals surface area contributed by atoms with Crippen molar-refractivity contribution < 1.29 is 9.53 Å². The summed E-state index contributed by atoms with van der Waals surface area (Å²) in [6.07, 6.45) is 3.26. The van der Waals surface area contributed by atoms with E-state index in [1.165, 1.54) is 12.8 Å². The van der Waals surface area contributed by atoms with Crippen LogP contribution in [0.25, 0.3) is 0 Å². The molecule has 1 amide bonds. The van der Waals surface area contributed by atoms with Crippen molar-refractivity contribution in [3.8, 4) is 0 Å². The lowest BCUT2D eigenvalue weighted by molar-refractivity contribution is 0.00703. The number of carbonyl (C=O) groups is 1. The summed E-state index contributed by atoms with van der Waals surface area (Å²) < 4.78 is 5.43. The Hall–Kier alpha value is -0.730. The Morgan fingerprint density at radius 2 is 2.07 bits per heavy atom. The van der Waals surface area contributed by atoms with Gasteiger partial charge in [-0.05, 0) is 30.6 Å². The quantitative estimate of drug-likeness (QED) is 0.766. The summed E-state index contributed by atoms with van der Waals surface area (Å²) in [6.45, 7) is 6.65. The van der Waals surface area contributed by atoms with Gasteiger partial charge in [0.05, 0.1) is 0 Å². The van der Waals surface area contributed by atoms with E-state index in [9.17, 15) is 4.79 Å². The summed E-state index contributed by atoms with van der Waals surface area (Å²) in [6, 6.07) is 0. The average molecular weight is 213 g/mol. The van der Waals surface area contributed by atoms with E-state index in [2.05, 4.69) is 26.1 Å². The summed E-state index contributed by atoms with van der Waals surface area (Å²) in [5.41, 5.74) is 0. The van der Waals surface area contributed by atoms with Gasteiger partial charge in [-0.25, -0.2) is 4.79 Å². The fraction of sp³-hybridized carbons (Fsp3) is 0.917. The predicted octanol–water partition coefficient (Wildman–Crippen LogP) is 2.80. The second-order valence-electron chi connectivity index (χ2n) is 5.02. The van der Waals surface area contributed by atoms with Gasteiger partial charge in [0.2, 0.25) is 0 Å². The lowest BCUT2D eigenvalue weighted by Crippen LogP contribution is -2.38. The number of hydrogen-bond acceptors (Lipinski definition) is 2. The van der Waals surface area contributed by atoms with Crippen molar-refractivity contribution in [1.29, 1.82) is 0 Å². The molecule has 3 atom stereocenters. The highest BCUT2D eigenvalue weighted by Gasteiger charge is 2.33. The highest BCUT2D eigenvalue weighted by Crippen LogP contribution is 2.35. The monoisotopic (exact) mass is 213 g/mol. The highest BCUT2D eigenvalue weighted by atomic mass is 16.6. The first-order chi connectivity index (χ1) is 7.04. The first kappa shape index (κ1) is 12.3. The predicted molar refractivity (Wildman–Crippen MR) is 60.7 cm³/mol. The van der Waals surface area contributed by atoms with E-state index in [1.54, 1.807) is 7.05 Å². The number of hydrogen-bond donors (Lipinski definition) is 1. The standard InChI is InChI=1S/C12H23NO2/c1-8(2)10-6-5-9(3)7-11(10)15-12(14)13-4/h8-11H,5-7H2,1-4H3,(H,13,14)/t9-,10+,11-/m1/s1. The van der Waals surface area contributed by atoms with Crippen LogP contribution < -0.4 is 5.32 Å². The van der Waals surface area contributed by atoms with E-state index in [1.807, 2.05) is 0 Å². The van der Waals surface area contributed by atoms with Crippen molar-refractivity contribution in [3.05, 3.63) is 0 Å². The number of amides is 1. The minimum absolute atomic E-state index is 0.105. The molecule has 0 heterocycles. The minimum atomic E-state index is -0.292. The second kappa shape index (κ2) is 5.38. The van der Waals surface area contributed by atoms with Crippen molar-refractivity contribution >= 4 is 6.09 Å². The van der Waals surface area contributed by atoms with Gasteiger partial charge in [-0.3, -0.25) is 0 Å². The highest BCUT2D eigenvalue weighted by molar-refractivity contribution is 5.66. The van der Waals surface area contributed by atoms with E-state index in [-0.39, 0.29) is 12.2 Å². The van der Waals surface area contributed by atoms with Crippen LogP contribution in [0.5, 0.6) is 0 Å². The van der Waals surface area contributed by atoms with Crippen molar-refractivity contribution in [2.75, 3.05) is 7.05 Å². The van der Waals surface area contributed by atoms with E-state index in [0.717, 1.165) is 6.42 Å². The molecule has 1 saturated carbocycles. The first-order valence-electron chi connectivity index (χ1n) is 5.93. The zero-order chi connectivity index (χ0) is 11.4. The number of alkyl carbamates (subject to hydrolysis) is 1. The van der Waals surface area contributed by atoms with Crippen LogP contribution in [0.2, 0.25) is 0 Å². The lowest BCUT2D eigenvalue weighted by atomic mass is 9.75. The van der Waals surface area contributed by atoms with Crippen LogP contribution in [-0.4, -0.2) is 19.2 Å². The Bertz CT molecular complexity index is 216. The van der Waals surface area contributed by atoms with Gasteiger partial charge in [-0.2, -0.15) is 0 Å². The molecule has 0 aromatic heterocycles. The number of carbonyl (C=O) groups excluding carboxylic acids is 1. The van der Waals surface area contributed by atoms with Gasteiger partial charge in [0.1, 0.15) is 6.10 Å². The van der Waals surface area contributed by atoms with Gasteiger partial charge < -0.3 is 10.1 Å². The molecule has 0 unspecified atom stereocenters. The molecule has 0 radical (unpaired) electrons. The van der Waals surface area contributed by atoms with E-state index >= 15 is 0 Å². The molecule has 0 aromatic carbocycles. The fourth-order valence-electron chi connectivity index (χ4n) is 2.45. The lowest BCUT2D eigenvalue weighted by Gasteiger charge is -2.36. The third kappa shape index (κ3) is 3.40. The van der Waals surface area contributed by atoms with Crippen LogP contribution in [0.1, 0.15) is 40.0 Å². The Morgan fingerprint density at radius 3 is 2.60 bits per heavy atom. The summed E-state index contributed by atoms with van der Waals surface area (Å²) in [5.74, 6) is 1.79. The van der Waals surface area contributed by atoms with Gasteiger partial charge in [0.25, 0.3) is 0 Å². The molecule has 3 heteroatoms. The maximum atomic E-state index is 11.2. The van der Waals surface area contributed by atoms with Crippen molar-refractivity contribution in [2.24, 2.45) is 17.8 Å². The zero-order valence-electron chi connectivity index (χ0n) is 10.2. The van der Waals surface area contributed by atoms with Gasteiger partial charge >= 0.3 is 6.09 Å². The minimum Gasteiger partial charge on any atom is -0.446 e. The van der Waals surface area contributed by atoms with Crippen LogP contribution >= 0.6 is 0 Å². The summed E-state index contributed by atoms with van der Waals surface area (Å²) in [4.78, 5) is 11.2. The van der Waals surface area contributed by atoms with Gasteiger partial charge in [-0.15, -0.1) is 0 Å². The van der Waals surface area contributed by atoms with Crippen LogP contribution in [0.15, 0.2) is 0 Å². The molecular weight excluding hydrogens is 190 g/mol. The SMILES string of the molecule is CNC(=O)O[C@@H]1C[C@H](C)CC[C@H]1C(C)C. The zero-order valence-corrected chi connectivity index (χ0v) is 10.2. The Kier molecular flexibility index (Phi) is 4.43. The van der Waals surface area contributed by atoms with E-state index in [4.69, 9.17) is 4.74 Å². The Labute approximate surface area is 92.6 Å². The molecule has 0 saturated heterocycles. The molecule has 0 bridgehead atoms. The summed E-state index contributed by atoms with van der Waals surface area (Å²) in [5, 5.41) is 2.53. The number of nitrogens with one attached hydrogen (secondary N) is 1. The molecule has 1 aliphatic rings. The average Bonchev–Trinajstić information content (AvgIpc) is 2.17. The molecular formula is C12H23NO2. The maximum Gasteiger partial charge on any atom is 0.407 e. The molecule has 0 spiro atoms. The molecule has 1 rings (SSSR count). The van der Waals surface area contributed by atoms with E-state index in [0.29, 0.717) is 17.8 Å². The van der Waals surface area contributed by atoms with Crippen LogP contribution in [0, 0.1) is 17.8 Å². The van der Waals surface area contributed by atoms with Crippen LogP contribution in [0.3, 0.4) is 0 Å². The molecule has 0 aromatic rings. The molecule has 88 valence electrons. The number of rotatable bonds is 2. The molecule has 1 aliphatic carbocycles. The number of ether oxygens (including phenoxy) is 1. The van der Waals surface area contributed by atoms with Gasteiger partial charge in [0, 0.05) is 7.05 Å². The first-order valence-corrected chi connectivity index (χ1v) is 5.93.